The molecule has 0 aliphatic heterocycles. The molecule has 38 heavy (non-hydrogen) atoms. The Balaban J connectivity index is 1.38. The van der Waals surface area contributed by atoms with Gasteiger partial charge in [-0.15, -0.1) is 0 Å². The van der Waals surface area contributed by atoms with E-state index >= 15 is 0 Å². The fourth-order valence-electron chi connectivity index (χ4n) is 4.93. The lowest BCUT2D eigenvalue weighted by molar-refractivity contribution is 0.669. The fraction of sp³-hybridized carbons (Fsp3) is 0. The summed E-state index contributed by atoms with van der Waals surface area (Å²) in [6, 6.07) is 44.0. The lowest BCUT2D eigenvalue weighted by Crippen LogP contribution is -1.96. The van der Waals surface area contributed by atoms with Crippen molar-refractivity contribution < 1.29 is 4.42 Å². The van der Waals surface area contributed by atoms with E-state index in [4.69, 9.17) is 14.4 Å². The largest absolute Gasteiger partial charge is 0.456 e. The van der Waals surface area contributed by atoms with Gasteiger partial charge in [-0.05, 0) is 87.3 Å². The number of benzene rings is 5. The Morgan fingerprint density at radius 2 is 1.05 bits per heavy atom. The van der Waals surface area contributed by atoms with Crippen molar-refractivity contribution in [2.24, 2.45) is 0 Å². The number of fused-ring (bicyclic) bond motifs is 3. The zero-order valence-corrected chi connectivity index (χ0v) is 22.5. The maximum absolute atomic E-state index is 6.14. The smallest absolute Gasteiger partial charge is 0.160 e. The molecule has 3 nitrogen and oxygen atoms in total. The van der Waals surface area contributed by atoms with Crippen LogP contribution in [0.5, 0.6) is 0 Å². The van der Waals surface area contributed by atoms with Crippen molar-refractivity contribution in [2.45, 2.75) is 0 Å². The molecule has 0 bridgehead atoms. The summed E-state index contributed by atoms with van der Waals surface area (Å²) in [5.41, 5.74) is 9.19. The van der Waals surface area contributed by atoms with E-state index in [1.807, 2.05) is 36.4 Å². The second kappa shape index (κ2) is 9.54. The highest BCUT2D eigenvalue weighted by Gasteiger charge is 2.14. The molecule has 4 heteroatoms. The number of hydrogen-bond acceptors (Lipinski definition) is 3. The third-order valence-corrected chi connectivity index (χ3v) is 7.33. The molecule has 5 aromatic carbocycles. The standard InChI is InChI=1S/C34H21IN2O/c35-33-21-30(24-15-16-29-28-13-7-8-14-31(28)38-32(29)20-24)36-34(37-33)27-18-25(22-9-3-1-4-10-22)17-26(19-27)23-11-5-2-6-12-23/h1-21H. The summed E-state index contributed by atoms with van der Waals surface area (Å²) in [6.07, 6.45) is 0. The van der Waals surface area contributed by atoms with Gasteiger partial charge in [-0.1, -0.05) is 84.9 Å². The van der Waals surface area contributed by atoms with Gasteiger partial charge in [0.1, 0.15) is 14.9 Å². The number of nitrogens with zero attached hydrogens (tertiary/aromatic N) is 2. The number of aromatic nitrogens is 2. The number of hydrogen-bond donors (Lipinski definition) is 0. The molecule has 0 saturated heterocycles. The minimum absolute atomic E-state index is 0.701. The molecule has 0 aliphatic rings. The number of furan rings is 1. The first-order valence-electron chi connectivity index (χ1n) is 12.4. The first-order valence-corrected chi connectivity index (χ1v) is 13.5. The lowest BCUT2D eigenvalue weighted by Gasteiger charge is -2.12. The third-order valence-electron chi connectivity index (χ3n) is 6.77. The highest BCUT2D eigenvalue weighted by Crippen LogP contribution is 2.35. The van der Waals surface area contributed by atoms with Gasteiger partial charge in [0.05, 0.1) is 5.69 Å². The van der Waals surface area contributed by atoms with Crippen molar-refractivity contribution in [2.75, 3.05) is 0 Å². The molecule has 7 rings (SSSR count). The van der Waals surface area contributed by atoms with E-state index in [9.17, 15) is 0 Å². The third kappa shape index (κ3) is 4.27. The van der Waals surface area contributed by atoms with Crippen LogP contribution in [-0.2, 0) is 0 Å². The van der Waals surface area contributed by atoms with Crippen LogP contribution in [-0.4, -0.2) is 9.97 Å². The Morgan fingerprint density at radius 1 is 0.447 bits per heavy atom. The van der Waals surface area contributed by atoms with Crippen LogP contribution in [0.25, 0.3) is 66.8 Å². The maximum atomic E-state index is 6.14. The molecule has 2 aromatic heterocycles. The molecule has 180 valence electrons. The number of rotatable bonds is 4. The number of para-hydroxylation sites is 1. The van der Waals surface area contributed by atoms with Crippen LogP contribution in [0.1, 0.15) is 0 Å². The molecule has 0 radical (unpaired) electrons. The molecule has 0 spiro atoms. The molecule has 0 atom stereocenters. The van der Waals surface area contributed by atoms with Crippen LogP contribution >= 0.6 is 22.6 Å². The van der Waals surface area contributed by atoms with Crippen LogP contribution in [0.2, 0.25) is 0 Å². The van der Waals surface area contributed by atoms with Gasteiger partial charge in [0.15, 0.2) is 5.82 Å². The predicted octanol–water partition coefficient (Wildman–Crippen LogP) is 9.65. The Bertz CT molecular complexity index is 1870. The average Bonchev–Trinajstić information content (AvgIpc) is 3.35. The predicted molar refractivity (Wildman–Crippen MR) is 164 cm³/mol. The molecule has 0 saturated carbocycles. The minimum atomic E-state index is 0.701. The summed E-state index contributed by atoms with van der Waals surface area (Å²) in [7, 11) is 0. The zero-order valence-electron chi connectivity index (χ0n) is 20.3. The maximum Gasteiger partial charge on any atom is 0.160 e. The van der Waals surface area contributed by atoms with Gasteiger partial charge < -0.3 is 4.42 Å². The van der Waals surface area contributed by atoms with Crippen molar-refractivity contribution in [1.29, 1.82) is 0 Å². The summed E-state index contributed by atoms with van der Waals surface area (Å²) in [4.78, 5) is 9.90. The normalized spacial score (nSPS) is 11.3. The molecule has 0 unspecified atom stereocenters. The summed E-state index contributed by atoms with van der Waals surface area (Å²) in [6.45, 7) is 0. The molecular weight excluding hydrogens is 579 g/mol. The van der Waals surface area contributed by atoms with Gasteiger partial charge in [-0.3, -0.25) is 0 Å². The first-order chi connectivity index (χ1) is 18.7. The molecule has 0 amide bonds. The van der Waals surface area contributed by atoms with E-state index in [0.29, 0.717) is 5.82 Å². The highest BCUT2D eigenvalue weighted by molar-refractivity contribution is 14.1. The molecule has 7 aromatic rings. The summed E-state index contributed by atoms with van der Waals surface area (Å²) in [5, 5.41) is 2.23. The Morgan fingerprint density at radius 3 is 1.76 bits per heavy atom. The number of halogens is 1. The van der Waals surface area contributed by atoms with Gasteiger partial charge in [-0.2, -0.15) is 0 Å². The second-order valence-corrected chi connectivity index (χ2v) is 10.3. The van der Waals surface area contributed by atoms with Gasteiger partial charge >= 0.3 is 0 Å². The zero-order chi connectivity index (χ0) is 25.5. The monoisotopic (exact) mass is 600 g/mol. The fourth-order valence-corrected chi connectivity index (χ4v) is 5.45. The molecule has 0 N–H and O–H groups in total. The topological polar surface area (TPSA) is 38.9 Å². The van der Waals surface area contributed by atoms with Crippen LogP contribution in [0.15, 0.2) is 132 Å². The van der Waals surface area contributed by atoms with E-state index in [1.165, 1.54) is 0 Å². The quantitative estimate of drug-likeness (QED) is 0.149. The van der Waals surface area contributed by atoms with Crippen LogP contribution in [0.4, 0.5) is 0 Å². The van der Waals surface area contributed by atoms with Crippen molar-refractivity contribution in [3.05, 3.63) is 131 Å². The Hall–Kier alpha value is -4.29. The molecule has 0 aliphatic carbocycles. The van der Waals surface area contributed by atoms with Gasteiger partial charge in [-0.25, -0.2) is 9.97 Å². The van der Waals surface area contributed by atoms with Crippen LogP contribution < -0.4 is 0 Å². The van der Waals surface area contributed by atoms with Crippen molar-refractivity contribution in [3.63, 3.8) is 0 Å². The van der Waals surface area contributed by atoms with Crippen molar-refractivity contribution >= 4 is 44.5 Å². The lowest BCUT2D eigenvalue weighted by atomic mass is 9.96. The van der Waals surface area contributed by atoms with Crippen molar-refractivity contribution in [3.8, 4) is 44.9 Å². The van der Waals surface area contributed by atoms with E-state index in [1.54, 1.807) is 0 Å². The van der Waals surface area contributed by atoms with Gasteiger partial charge in [0.25, 0.3) is 0 Å². The van der Waals surface area contributed by atoms with Crippen LogP contribution in [0.3, 0.4) is 0 Å². The Kier molecular flexibility index (Phi) is 5.74. The van der Waals surface area contributed by atoms with E-state index in [2.05, 4.69) is 114 Å². The Labute approximate surface area is 234 Å². The van der Waals surface area contributed by atoms with E-state index in [-0.39, 0.29) is 0 Å². The summed E-state index contributed by atoms with van der Waals surface area (Å²) >= 11 is 2.28. The second-order valence-electron chi connectivity index (χ2n) is 9.24. The molecule has 2 heterocycles. The molecule has 0 fully saturated rings. The first kappa shape index (κ1) is 22.9. The molecular formula is C34H21IN2O. The van der Waals surface area contributed by atoms with Crippen molar-refractivity contribution in [1.82, 2.24) is 9.97 Å². The SMILES string of the molecule is Ic1cc(-c2ccc3c(c2)oc2ccccc23)nc(-c2cc(-c3ccccc3)cc(-c3ccccc3)c2)n1. The van der Waals surface area contributed by atoms with Gasteiger partial charge in [0.2, 0.25) is 0 Å². The van der Waals surface area contributed by atoms with Gasteiger partial charge in [0, 0.05) is 21.9 Å². The van der Waals surface area contributed by atoms with E-state index in [0.717, 1.165) is 64.7 Å². The highest BCUT2D eigenvalue weighted by atomic mass is 127. The summed E-state index contributed by atoms with van der Waals surface area (Å²) < 4.78 is 7.03. The minimum Gasteiger partial charge on any atom is -0.456 e. The average molecular weight is 600 g/mol. The van der Waals surface area contributed by atoms with Crippen LogP contribution in [0, 0.1) is 3.70 Å². The van der Waals surface area contributed by atoms with E-state index < -0.39 is 0 Å². The summed E-state index contributed by atoms with van der Waals surface area (Å²) in [5.74, 6) is 0.701.